The second-order valence-electron chi connectivity index (χ2n) is 8.58. The molecule has 1 heterocycles. The van der Waals surface area contributed by atoms with Crippen LogP contribution in [0.1, 0.15) is 44.6 Å². The Hall–Kier alpha value is -3.35. The van der Waals surface area contributed by atoms with E-state index in [2.05, 4.69) is 16.7 Å². The maximum atomic E-state index is 13.2. The molecule has 32 heavy (non-hydrogen) atoms. The number of urea groups is 1. The lowest BCUT2D eigenvalue weighted by Gasteiger charge is -2.22. The highest BCUT2D eigenvalue weighted by atomic mass is 16.5. The predicted molar refractivity (Wildman–Crippen MR) is 122 cm³/mol. The molecular weight excluding hydrogens is 406 g/mol. The first-order chi connectivity index (χ1) is 15.4. The summed E-state index contributed by atoms with van der Waals surface area (Å²) in [5, 5.41) is 7.51. The number of allylic oxidation sites excluding steroid dienone is 1. The molecule has 0 bridgehead atoms. The minimum Gasteiger partial charge on any atom is -0.497 e. The molecule has 168 valence electrons. The van der Waals surface area contributed by atoms with Gasteiger partial charge >= 0.3 is 6.03 Å². The summed E-state index contributed by atoms with van der Waals surface area (Å²) in [5.41, 5.74) is 0.812. The summed E-state index contributed by atoms with van der Waals surface area (Å²) in [7, 11) is 1.61. The monoisotopic (exact) mass is 435 g/mol. The standard InChI is InChI=1S/C25H29N3O4/c1-25(20-10-8-19-15-21(32-2)11-9-18(19)14-20)23(30)28(24(31)27-25)16-22(29)26-13-12-17-6-4-3-5-7-17/h6,8-11,14-15H,3-5,7,12-13,16H2,1-2H3,(H,26,29)(H,27,31)/t25-/m0/s1. The molecule has 1 atom stereocenters. The van der Waals surface area contributed by atoms with Crippen molar-refractivity contribution < 1.29 is 19.1 Å². The van der Waals surface area contributed by atoms with Gasteiger partial charge in [-0.2, -0.15) is 0 Å². The van der Waals surface area contributed by atoms with Crippen molar-refractivity contribution in [2.24, 2.45) is 0 Å². The SMILES string of the molecule is COc1ccc2cc([C@]3(C)NC(=O)N(CC(=O)NCCC4=CCCCC4)C3=O)ccc2c1. The highest BCUT2D eigenvalue weighted by Crippen LogP contribution is 2.32. The molecule has 1 fully saturated rings. The molecule has 2 aromatic rings. The third kappa shape index (κ3) is 4.33. The van der Waals surface area contributed by atoms with Crippen LogP contribution in [0.5, 0.6) is 5.75 Å². The van der Waals surface area contributed by atoms with Crippen molar-refractivity contribution in [3.05, 3.63) is 53.6 Å². The molecule has 1 saturated heterocycles. The number of carbonyl (C=O) groups excluding carboxylic acids is 3. The number of carbonyl (C=O) groups is 3. The first kappa shape index (κ1) is 21.9. The number of methoxy groups -OCH3 is 1. The Bertz CT molecular complexity index is 1090. The van der Waals surface area contributed by atoms with E-state index in [1.165, 1.54) is 18.4 Å². The van der Waals surface area contributed by atoms with E-state index >= 15 is 0 Å². The molecule has 0 aromatic heterocycles. The van der Waals surface area contributed by atoms with Crippen LogP contribution in [0.25, 0.3) is 10.8 Å². The molecule has 0 unspecified atom stereocenters. The van der Waals surface area contributed by atoms with Crippen LogP contribution < -0.4 is 15.4 Å². The van der Waals surface area contributed by atoms with Gasteiger partial charge in [0.15, 0.2) is 0 Å². The zero-order valence-electron chi connectivity index (χ0n) is 18.6. The van der Waals surface area contributed by atoms with Crippen molar-refractivity contribution in [2.75, 3.05) is 20.2 Å². The largest absolute Gasteiger partial charge is 0.497 e. The first-order valence-corrected chi connectivity index (χ1v) is 11.1. The fourth-order valence-electron chi connectivity index (χ4n) is 4.39. The van der Waals surface area contributed by atoms with E-state index in [-0.39, 0.29) is 12.5 Å². The first-order valence-electron chi connectivity index (χ1n) is 11.1. The fraction of sp³-hybridized carbons (Fsp3) is 0.400. The van der Waals surface area contributed by atoms with Gasteiger partial charge in [-0.25, -0.2) is 4.79 Å². The molecule has 1 aliphatic carbocycles. The van der Waals surface area contributed by atoms with E-state index < -0.39 is 17.5 Å². The Morgan fingerprint density at radius 1 is 1.16 bits per heavy atom. The van der Waals surface area contributed by atoms with Crippen LogP contribution in [0.15, 0.2) is 48.0 Å². The number of amides is 4. The normalized spacial score (nSPS) is 20.8. The van der Waals surface area contributed by atoms with Crippen LogP contribution in [-0.2, 0) is 15.1 Å². The van der Waals surface area contributed by atoms with E-state index in [9.17, 15) is 14.4 Å². The summed E-state index contributed by atoms with van der Waals surface area (Å²) < 4.78 is 5.26. The summed E-state index contributed by atoms with van der Waals surface area (Å²) in [5.74, 6) is -0.0149. The van der Waals surface area contributed by atoms with Crippen molar-refractivity contribution >= 4 is 28.6 Å². The zero-order chi connectivity index (χ0) is 22.7. The number of nitrogens with one attached hydrogen (secondary N) is 2. The zero-order valence-corrected chi connectivity index (χ0v) is 18.6. The fourth-order valence-corrected chi connectivity index (χ4v) is 4.39. The van der Waals surface area contributed by atoms with E-state index in [1.807, 2.05) is 36.4 Å². The summed E-state index contributed by atoms with van der Waals surface area (Å²) >= 11 is 0. The van der Waals surface area contributed by atoms with E-state index in [0.29, 0.717) is 12.1 Å². The van der Waals surface area contributed by atoms with Gasteiger partial charge in [-0.05, 0) is 73.6 Å². The quantitative estimate of drug-likeness (QED) is 0.514. The summed E-state index contributed by atoms with van der Waals surface area (Å²) in [6, 6.07) is 10.7. The molecule has 0 spiro atoms. The Morgan fingerprint density at radius 2 is 1.94 bits per heavy atom. The Labute approximate surface area is 187 Å². The van der Waals surface area contributed by atoms with E-state index in [4.69, 9.17) is 4.74 Å². The lowest BCUT2D eigenvalue weighted by molar-refractivity contribution is -0.134. The number of nitrogens with zero attached hydrogens (tertiary/aromatic N) is 1. The molecule has 7 nitrogen and oxygen atoms in total. The van der Waals surface area contributed by atoms with E-state index in [0.717, 1.165) is 40.7 Å². The molecule has 1 aliphatic heterocycles. The topological polar surface area (TPSA) is 87.7 Å². The van der Waals surface area contributed by atoms with Crippen molar-refractivity contribution in [2.45, 2.75) is 44.6 Å². The van der Waals surface area contributed by atoms with Gasteiger partial charge in [0.05, 0.1) is 7.11 Å². The van der Waals surface area contributed by atoms with Crippen LogP contribution in [-0.4, -0.2) is 42.9 Å². The van der Waals surface area contributed by atoms with Crippen LogP contribution in [0.4, 0.5) is 4.79 Å². The maximum absolute atomic E-state index is 13.2. The van der Waals surface area contributed by atoms with Crippen LogP contribution in [0.3, 0.4) is 0 Å². The Morgan fingerprint density at radius 3 is 2.69 bits per heavy atom. The minimum absolute atomic E-state index is 0.288. The van der Waals surface area contributed by atoms with Gasteiger partial charge in [-0.15, -0.1) is 0 Å². The molecule has 4 amide bonds. The highest BCUT2D eigenvalue weighted by molar-refractivity contribution is 6.09. The van der Waals surface area contributed by atoms with Gasteiger partial charge in [-0.1, -0.05) is 29.8 Å². The van der Waals surface area contributed by atoms with Gasteiger partial charge in [0.1, 0.15) is 17.8 Å². The minimum atomic E-state index is -1.22. The molecular formula is C25H29N3O4. The summed E-state index contributed by atoms with van der Waals surface area (Å²) in [6.07, 6.45) is 7.67. The summed E-state index contributed by atoms with van der Waals surface area (Å²) in [6.45, 7) is 1.90. The second-order valence-corrected chi connectivity index (χ2v) is 8.58. The molecule has 2 N–H and O–H groups in total. The molecule has 0 saturated carbocycles. The van der Waals surface area contributed by atoms with Crippen LogP contribution in [0, 0.1) is 0 Å². The van der Waals surface area contributed by atoms with Crippen molar-refractivity contribution in [3.63, 3.8) is 0 Å². The lowest BCUT2D eigenvalue weighted by atomic mass is 9.90. The van der Waals surface area contributed by atoms with Gasteiger partial charge < -0.3 is 15.4 Å². The molecule has 2 aliphatic rings. The Kier molecular flexibility index (Phi) is 6.17. The smallest absolute Gasteiger partial charge is 0.325 e. The maximum Gasteiger partial charge on any atom is 0.325 e. The number of ether oxygens (including phenoxy) is 1. The number of rotatable bonds is 7. The number of imide groups is 1. The average molecular weight is 436 g/mol. The summed E-state index contributed by atoms with van der Waals surface area (Å²) in [4.78, 5) is 39.1. The number of fused-ring (bicyclic) bond motifs is 1. The third-order valence-electron chi connectivity index (χ3n) is 6.35. The Balaban J connectivity index is 1.42. The third-order valence-corrected chi connectivity index (χ3v) is 6.35. The van der Waals surface area contributed by atoms with Gasteiger partial charge in [0, 0.05) is 6.54 Å². The van der Waals surface area contributed by atoms with Gasteiger partial charge in [0.25, 0.3) is 5.91 Å². The van der Waals surface area contributed by atoms with E-state index in [1.54, 1.807) is 14.0 Å². The number of benzene rings is 2. The second kappa shape index (κ2) is 9.02. The highest BCUT2D eigenvalue weighted by Gasteiger charge is 2.49. The lowest BCUT2D eigenvalue weighted by Crippen LogP contribution is -2.43. The molecule has 0 radical (unpaired) electrons. The van der Waals surface area contributed by atoms with Crippen molar-refractivity contribution in [1.82, 2.24) is 15.5 Å². The van der Waals surface area contributed by atoms with Crippen molar-refractivity contribution in [3.8, 4) is 5.75 Å². The molecule has 7 heteroatoms. The van der Waals surface area contributed by atoms with Gasteiger partial charge in [0.2, 0.25) is 5.91 Å². The number of hydrogen-bond donors (Lipinski definition) is 2. The molecule has 2 aromatic carbocycles. The number of hydrogen-bond acceptors (Lipinski definition) is 4. The molecule has 4 rings (SSSR count). The predicted octanol–water partition coefficient (Wildman–Crippen LogP) is 3.62. The van der Waals surface area contributed by atoms with Gasteiger partial charge in [-0.3, -0.25) is 14.5 Å². The average Bonchev–Trinajstić information content (AvgIpc) is 3.02. The van der Waals surface area contributed by atoms with Crippen LogP contribution in [0.2, 0.25) is 0 Å². The van der Waals surface area contributed by atoms with Crippen LogP contribution >= 0.6 is 0 Å². The van der Waals surface area contributed by atoms with Crippen molar-refractivity contribution in [1.29, 1.82) is 0 Å².